The summed E-state index contributed by atoms with van der Waals surface area (Å²) in [6.07, 6.45) is 0.934. The second kappa shape index (κ2) is 3.99. The van der Waals surface area contributed by atoms with E-state index in [0.717, 1.165) is 10.0 Å². The van der Waals surface area contributed by atoms with E-state index in [1.807, 2.05) is 24.3 Å². The van der Waals surface area contributed by atoms with E-state index in [9.17, 15) is 4.39 Å². The average Bonchev–Trinajstić information content (AvgIpc) is 2.19. The zero-order valence-electron chi connectivity index (χ0n) is 7.80. The van der Waals surface area contributed by atoms with Crippen LogP contribution < -0.4 is 0 Å². The first kappa shape index (κ1) is 10.1. The molecule has 0 bridgehead atoms. The largest absolute Gasteiger partial charge is 0.381 e. The maximum atomic E-state index is 14.3. The Labute approximate surface area is 91.4 Å². The summed E-state index contributed by atoms with van der Waals surface area (Å²) in [6.45, 7) is 1.04. The minimum absolute atomic E-state index is 0.467. The molecule has 1 aromatic carbocycles. The fraction of sp³-hybridized carbons (Fsp3) is 0.455. The molecule has 76 valence electrons. The molecule has 2 rings (SSSR count). The van der Waals surface area contributed by atoms with Gasteiger partial charge in [-0.25, -0.2) is 4.39 Å². The molecule has 1 aromatic rings. The number of alkyl halides is 1. The smallest absolute Gasteiger partial charge is 0.140 e. The third kappa shape index (κ3) is 1.98. The van der Waals surface area contributed by atoms with Crippen LogP contribution in [-0.4, -0.2) is 13.2 Å². The summed E-state index contributed by atoms with van der Waals surface area (Å²) < 4.78 is 20.5. The summed E-state index contributed by atoms with van der Waals surface area (Å²) in [6, 6.07) is 7.45. The topological polar surface area (TPSA) is 9.23 Å². The van der Waals surface area contributed by atoms with Crippen molar-refractivity contribution < 1.29 is 9.13 Å². The Morgan fingerprint density at radius 3 is 2.29 bits per heavy atom. The SMILES string of the molecule is FC1(c2ccc(Br)cc2)CCOCC1. The highest BCUT2D eigenvalue weighted by atomic mass is 79.9. The van der Waals surface area contributed by atoms with E-state index in [4.69, 9.17) is 4.74 Å². The van der Waals surface area contributed by atoms with Gasteiger partial charge in [-0.3, -0.25) is 0 Å². The van der Waals surface area contributed by atoms with Gasteiger partial charge in [-0.05, 0) is 17.7 Å². The van der Waals surface area contributed by atoms with E-state index < -0.39 is 5.67 Å². The lowest BCUT2D eigenvalue weighted by Gasteiger charge is -2.29. The van der Waals surface area contributed by atoms with E-state index in [1.54, 1.807) is 0 Å². The van der Waals surface area contributed by atoms with Crippen LogP contribution in [0.2, 0.25) is 0 Å². The Kier molecular flexibility index (Phi) is 2.88. The number of ether oxygens (including phenoxy) is 1. The van der Waals surface area contributed by atoms with Crippen molar-refractivity contribution in [1.82, 2.24) is 0 Å². The van der Waals surface area contributed by atoms with Crippen molar-refractivity contribution in [3.05, 3.63) is 34.3 Å². The second-order valence-electron chi connectivity index (χ2n) is 3.58. The molecule has 0 unspecified atom stereocenters. The van der Waals surface area contributed by atoms with E-state index in [0.29, 0.717) is 26.1 Å². The molecule has 0 N–H and O–H groups in total. The Hall–Kier alpha value is -0.410. The molecular formula is C11H12BrFO. The third-order valence-corrected chi connectivity index (χ3v) is 3.18. The van der Waals surface area contributed by atoms with Gasteiger partial charge in [-0.1, -0.05) is 28.1 Å². The van der Waals surface area contributed by atoms with Crippen LogP contribution in [0.15, 0.2) is 28.7 Å². The van der Waals surface area contributed by atoms with Crippen molar-refractivity contribution >= 4 is 15.9 Å². The van der Waals surface area contributed by atoms with Gasteiger partial charge in [0, 0.05) is 30.5 Å². The molecule has 0 radical (unpaired) electrons. The molecule has 0 atom stereocenters. The zero-order valence-corrected chi connectivity index (χ0v) is 9.39. The highest BCUT2D eigenvalue weighted by molar-refractivity contribution is 9.10. The van der Waals surface area contributed by atoms with Gasteiger partial charge in [0.05, 0.1) is 0 Å². The maximum absolute atomic E-state index is 14.3. The lowest BCUT2D eigenvalue weighted by Crippen LogP contribution is -2.29. The summed E-state index contributed by atoms with van der Waals surface area (Å²) in [5.41, 5.74) is -0.414. The first-order chi connectivity index (χ1) is 6.71. The monoisotopic (exact) mass is 258 g/mol. The maximum Gasteiger partial charge on any atom is 0.140 e. The van der Waals surface area contributed by atoms with Gasteiger partial charge in [0.1, 0.15) is 5.67 Å². The zero-order chi connectivity index (χ0) is 10.0. The van der Waals surface area contributed by atoms with Crippen LogP contribution in [0.5, 0.6) is 0 Å². The van der Waals surface area contributed by atoms with Crippen molar-refractivity contribution in [2.45, 2.75) is 18.5 Å². The molecule has 0 spiro atoms. The summed E-state index contributed by atoms with van der Waals surface area (Å²) in [7, 11) is 0. The molecule has 0 aliphatic carbocycles. The van der Waals surface area contributed by atoms with E-state index in [1.165, 1.54) is 0 Å². The lowest BCUT2D eigenvalue weighted by molar-refractivity contribution is -0.0114. The van der Waals surface area contributed by atoms with Crippen molar-refractivity contribution in [3.63, 3.8) is 0 Å². The summed E-state index contributed by atoms with van der Waals surface area (Å²) >= 11 is 3.34. The summed E-state index contributed by atoms with van der Waals surface area (Å²) in [4.78, 5) is 0. The fourth-order valence-electron chi connectivity index (χ4n) is 1.73. The van der Waals surface area contributed by atoms with Gasteiger partial charge in [-0.15, -0.1) is 0 Å². The van der Waals surface area contributed by atoms with Crippen molar-refractivity contribution in [2.75, 3.05) is 13.2 Å². The van der Waals surface area contributed by atoms with Crippen LogP contribution in [-0.2, 0) is 10.4 Å². The van der Waals surface area contributed by atoms with Crippen molar-refractivity contribution in [2.24, 2.45) is 0 Å². The normalized spacial score (nSPS) is 20.7. The predicted octanol–water partition coefficient (Wildman–Crippen LogP) is 3.42. The van der Waals surface area contributed by atoms with E-state index in [-0.39, 0.29) is 0 Å². The van der Waals surface area contributed by atoms with Gasteiger partial charge in [0.15, 0.2) is 0 Å². The van der Waals surface area contributed by atoms with Crippen LogP contribution in [0.25, 0.3) is 0 Å². The van der Waals surface area contributed by atoms with E-state index >= 15 is 0 Å². The first-order valence-corrected chi connectivity index (χ1v) is 5.53. The van der Waals surface area contributed by atoms with Crippen LogP contribution in [0.3, 0.4) is 0 Å². The Morgan fingerprint density at radius 1 is 1.14 bits per heavy atom. The van der Waals surface area contributed by atoms with E-state index in [2.05, 4.69) is 15.9 Å². The van der Waals surface area contributed by atoms with Crippen LogP contribution >= 0.6 is 15.9 Å². The lowest BCUT2D eigenvalue weighted by atomic mass is 9.88. The molecule has 1 aliphatic heterocycles. The molecule has 1 fully saturated rings. The molecule has 1 heterocycles. The van der Waals surface area contributed by atoms with Gasteiger partial charge < -0.3 is 4.74 Å². The highest BCUT2D eigenvalue weighted by Gasteiger charge is 2.33. The third-order valence-electron chi connectivity index (χ3n) is 2.65. The minimum Gasteiger partial charge on any atom is -0.381 e. The Morgan fingerprint density at radius 2 is 1.71 bits per heavy atom. The summed E-state index contributed by atoms with van der Waals surface area (Å²) in [5.74, 6) is 0. The molecule has 14 heavy (non-hydrogen) atoms. The number of benzene rings is 1. The number of hydrogen-bond donors (Lipinski definition) is 0. The minimum atomic E-state index is -1.18. The quantitative estimate of drug-likeness (QED) is 0.750. The fourth-order valence-corrected chi connectivity index (χ4v) is 2.00. The Bertz CT molecular complexity index is 304. The second-order valence-corrected chi connectivity index (χ2v) is 4.50. The molecule has 1 aliphatic rings. The van der Waals surface area contributed by atoms with Gasteiger partial charge in [0.25, 0.3) is 0 Å². The van der Waals surface area contributed by atoms with Crippen molar-refractivity contribution in [1.29, 1.82) is 0 Å². The number of halogens is 2. The van der Waals surface area contributed by atoms with Gasteiger partial charge in [-0.2, -0.15) is 0 Å². The first-order valence-electron chi connectivity index (χ1n) is 4.73. The molecular weight excluding hydrogens is 247 g/mol. The molecule has 1 saturated heterocycles. The molecule has 0 saturated carbocycles. The molecule has 0 aromatic heterocycles. The number of rotatable bonds is 1. The van der Waals surface area contributed by atoms with Crippen LogP contribution in [0, 0.1) is 0 Å². The van der Waals surface area contributed by atoms with Crippen LogP contribution in [0.4, 0.5) is 4.39 Å². The standard InChI is InChI=1S/C11H12BrFO/c12-10-3-1-9(2-4-10)11(13)5-7-14-8-6-11/h1-4H,5-8H2. The van der Waals surface area contributed by atoms with Gasteiger partial charge >= 0.3 is 0 Å². The van der Waals surface area contributed by atoms with Crippen LogP contribution in [0.1, 0.15) is 18.4 Å². The van der Waals surface area contributed by atoms with Gasteiger partial charge in [0.2, 0.25) is 0 Å². The van der Waals surface area contributed by atoms with Crippen molar-refractivity contribution in [3.8, 4) is 0 Å². The molecule has 0 amide bonds. The Balaban J connectivity index is 2.23. The predicted molar refractivity (Wildman–Crippen MR) is 57.0 cm³/mol. The molecule has 3 heteroatoms. The molecule has 1 nitrogen and oxygen atoms in total. The highest BCUT2D eigenvalue weighted by Crippen LogP contribution is 2.36. The number of hydrogen-bond acceptors (Lipinski definition) is 1. The average molecular weight is 259 g/mol. The summed E-state index contributed by atoms with van der Waals surface area (Å²) in [5, 5.41) is 0.